The highest BCUT2D eigenvalue weighted by Crippen LogP contribution is 2.59. The predicted octanol–water partition coefficient (Wildman–Crippen LogP) is 20.3. The van der Waals surface area contributed by atoms with Crippen LogP contribution in [0.1, 0.15) is 11.1 Å². The fraction of sp³-hybridized carbons (Fsp3) is 0.0137. The molecule has 0 aliphatic heterocycles. The summed E-state index contributed by atoms with van der Waals surface area (Å²) in [7, 11) is 0. The van der Waals surface area contributed by atoms with E-state index in [2.05, 4.69) is 255 Å². The van der Waals surface area contributed by atoms with E-state index < -0.39 is 0 Å². The van der Waals surface area contributed by atoms with Gasteiger partial charge in [0.1, 0.15) is 0 Å². The SMILES string of the molecule is c1ccc(-c2c(-c3cccc4ccccc34)c3c(-c4cccc5c4Cc4ccccc4-5)c(-c4cccc5c4ccc4ccccc45)c(-c4cccc5cc6ccccc6cc45)c4ccc5cccc2c5c43)cc1. The van der Waals surface area contributed by atoms with Crippen LogP contribution in [-0.2, 0) is 6.42 Å². The van der Waals surface area contributed by atoms with Crippen molar-refractivity contribution in [3.63, 3.8) is 0 Å². The quantitative estimate of drug-likeness (QED) is 0.119. The van der Waals surface area contributed by atoms with E-state index >= 15 is 0 Å². The summed E-state index contributed by atoms with van der Waals surface area (Å²) in [6, 6.07) is 96.6. The smallest absolute Gasteiger partial charge is 0.0000829 e. The molecule has 0 heterocycles. The van der Waals surface area contributed by atoms with Gasteiger partial charge in [0.15, 0.2) is 0 Å². The van der Waals surface area contributed by atoms with Crippen molar-refractivity contribution in [3.8, 4) is 66.8 Å². The van der Waals surface area contributed by atoms with E-state index in [1.54, 1.807) is 0 Å². The van der Waals surface area contributed by atoms with Gasteiger partial charge in [0.25, 0.3) is 0 Å². The predicted molar refractivity (Wildman–Crippen MR) is 313 cm³/mol. The number of fused-ring (bicyclic) bond motifs is 9. The second kappa shape index (κ2) is 15.6. The molecule has 0 fully saturated rings. The van der Waals surface area contributed by atoms with E-state index in [0.29, 0.717) is 0 Å². The van der Waals surface area contributed by atoms with E-state index in [0.717, 1.165) is 6.42 Å². The molecule has 0 N–H and O–H groups in total. The fourth-order valence-electron chi connectivity index (χ4n) is 13.3. The summed E-state index contributed by atoms with van der Waals surface area (Å²) in [5, 5.41) is 20.1. The third kappa shape index (κ3) is 5.84. The van der Waals surface area contributed by atoms with Crippen molar-refractivity contribution in [2.24, 2.45) is 0 Å². The molecule has 0 heteroatoms. The van der Waals surface area contributed by atoms with Crippen LogP contribution in [0.3, 0.4) is 0 Å². The number of benzene rings is 15. The highest BCUT2D eigenvalue weighted by atomic mass is 14.3. The maximum absolute atomic E-state index is 2.47. The monoisotopic (exact) mass is 920 g/mol. The topological polar surface area (TPSA) is 0 Å². The average Bonchev–Trinajstić information content (AvgIpc) is 3.84. The summed E-state index contributed by atoms with van der Waals surface area (Å²) < 4.78 is 0. The molecule has 1 aliphatic rings. The van der Waals surface area contributed by atoms with Crippen LogP contribution in [0.15, 0.2) is 255 Å². The Balaban J connectivity index is 1.23. The number of hydrogen-bond acceptors (Lipinski definition) is 0. The molecular weight excluding hydrogens is 877 g/mol. The van der Waals surface area contributed by atoms with Gasteiger partial charge in [-0.1, -0.05) is 243 Å². The van der Waals surface area contributed by atoms with Crippen LogP contribution in [0.5, 0.6) is 0 Å². The first kappa shape index (κ1) is 40.4. The summed E-state index contributed by atoms with van der Waals surface area (Å²) >= 11 is 0. The number of rotatable bonds is 5. The molecule has 15 aromatic carbocycles. The molecule has 0 aromatic heterocycles. The molecular formula is C73H44. The molecule has 0 unspecified atom stereocenters. The lowest BCUT2D eigenvalue weighted by Crippen LogP contribution is -2.02. The van der Waals surface area contributed by atoms with Crippen molar-refractivity contribution < 1.29 is 0 Å². The zero-order valence-electron chi connectivity index (χ0n) is 40.0. The van der Waals surface area contributed by atoms with Crippen molar-refractivity contribution in [1.29, 1.82) is 0 Å². The molecule has 0 bridgehead atoms. The molecule has 336 valence electrons. The second-order valence-electron chi connectivity index (χ2n) is 20.1. The average molecular weight is 921 g/mol. The minimum Gasteiger partial charge on any atom is -0.0622 e. The van der Waals surface area contributed by atoms with Crippen LogP contribution in [0, 0.1) is 0 Å². The second-order valence-corrected chi connectivity index (χ2v) is 20.1. The van der Waals surface area contributed by atoms with Crippen molar-refractivity contribution >= 4 is 86.2 Å². The van der Waals surface area contributed by atoms with Crippen molar-refractivity contribution in [2.45, 2.75) is 6.42 Å². The normalized spacial score (nSPS) is 12.3. The van der Waals surface area contributed by atoms with Crippen LogP contribution in [-0.4, -0.2) is 0 Å². The summed E-state index contributed by atoms with van der Waals surface area (Å²) in [5.41, 5.74) is 17.9. The molecule has 1 aliphatic carbocycles. The van der Waals surface area contributed by atoms with E-state index in [4.69, 9.17) is 0 Å². The first-order chi connectivity index (χ1) is 36.2. The van der Waals surface area contributed by atoms with Gasteiger partial charge in [0.05, 0.1) is 0 Å². The van der Waals surface area contributed by atoms with Gasteiger partial charge in [0.2, 0.25) is 0 Å². The van der Waals surface area contributed by atoms with E-state index in [1.165, 1.54) is 164 Å². The molecule has 0 nitrogen and oxygen atoms in total. The van der Waals surface area contributed by atoms with Gasteiger partial charge in [-0.2, -0.15) is 0 Å². The standard InChI is InChI=1S/C73H44/c1-2-19-46(20-3-1)66-62-36-13-25-47-38-40-63-68(60-33-14-26-50-41-48-21-4-5-22-49(48)42-64(50)60)70(59-34-15-30-55-52-27-9-7-18-45(52)37-39-57(55)59)71(61-35-16-31-56-54-29-11-8-23-51(54)43-65(56)61)73(72(63)67(47)62)69(66)58-32-12-24-44-17-6-10-28-53(44)58/h1-42H,43H2. The van der Waals surface area contributed by atoms with Crippen molar-refractivity contribution in [1.82, 2.24) is 0 Å². The van der Waals surface area contributed by atoms with Crippen molar-refractivity contribution in [2.75, 3.05) is 0 Å². The lowest BCUT2D eigenvalue weighted by Gasteiger charge is -2.29. The maximum atomic E-state index is 2.47. The Kier molecular flexibility index (Phi) is 8.61. The molecule has 0 saturated carbocycles. The van der Waals surface area contributed by atoms with E-state index in [1.807, 2.05) is 0 Å². The minimum atomic E-state index is 0.855. The molecule has 73 heavy (non-hydrogen) atoms. The maximum Gasteiger partial charge on any atom is -0.0000829 e. The van der Waals surface area contributed by atoms with Gasteiger partial charge < -0.3 is 0 Å². The van der Waals surface area contributed by atoms with Crippen LogP contribution in [0.2, 0.25) is 0 Å². The lowest BCUT2D eigenvalue weighted by atomic mass is 9.73. The minimum absolute atomic E-state index is 0.855. The van der Waals surface area contributed by atoms with Gasteiger partial charge in [-0.3, -0.25) is 0 Å². The lowest BCUT2D eigenvalue weighted by molar-refractivity contribution is 1.27. The van der Waals surface area contributed by atoms with Crippen molar-refractivity contribution in [3.05, 3.63) is 266 Å². The third-order valence-electron chi connectivity index (χ3n) is 16.4. The van der Waals surface area contributed by atoms with Crippen LogP contribution < -0.4 is 0 Å². The molecule has 16 rings (SSSR count). The Morgan fingerprint density at radius 1 is 0.205 bits per heavy atom. The highest BCUT2D eigenvalue weighted by molar-refractivity contribution is 6.39. The first-order valence-corrected chi connectivity index (χ1v) is 25.6. The van der Waals surface area contributed by atoms with Gasteiger partial charge in [-0.05, 0) is 183 Å². The Labute approximate surface area is 423 Å². The Hall–Kier alpha value is -9.36. The summed E-state index contributed by atoms with van der Waals surface area (Å²) in [6.45, 7) is 0. The summed E-state index contributed by atoms with van der Waals surface area (Å²) in [6.07, 6.45) is 0.855. The third-order valence-corrected chi connectivity index (χ3v) is 16.4. The molecule has 0 radical (unpaired) electrons. The highest BCUT2D eigenvalue weighted by Gasteiger charge is 2.32. The van der Waals surface area contributed by atoms with Crippen LogP contribution in [0.25, 0.3) is 153 Å². The summed E-state index contributed by atoms with van der Waals surface area (Å²) in [5.74, 6) is 0. The molecule has 15 aromatic rings. The van der Waals surface area contributed by atoms with E-state index in [-0.39, 0.29) is 0 Å². The molecule has 0 saturated heterocycles. The fourth-order valence-corrected chi connectivity index (χ4v) is 13.3. The van der Waals surface area contributed by atoms with Gasteiger partial charge >= 0.3 is 0 Å². The van der Waals surface area contributed by atoms with Gasteiger partial charge in [-0.15, -0.1) is 0 Å². The van der Waals surface area contributed by atoms with Gasteiger partial charge in [-0.25, -0.2) is 0 Å². The zero-order valence-corrected chi connectivity index (χ0v) is 40.0. The number of hydrogen-bond donors (Lipinski definition) is 0. The molecule has 0 atom stereocenters. The zero-order chi connectivity index (χ0) is 47.7. The molecule has 0 amide bonds. The largest absolute Gasteiger partial charge is 0.0622 e. The van der Waals surface area contributed by atoms with Crippen LogP contribution in [0.4, 0.5) is 0 Å². The molecule has 0 spiro atoms. The van der Waals surface area contributed by atoms with Gasteiger partial charge in [0, 0.05) is 0 Å². The Morgan fingerprint density at radius 3 is 1.56 bits per heavy atom. The van der Waals surface area contributed by atoms with Crippen LogP contribution >= 0.6 is 0 Å². The Bertz CT molecular complexity index is 4800. The Morgan fingerprint density at radius 2 is 0.712 bits per heavy atom. The first-order valence-electron chi connectivity index (χ1n) is 25.6. The summed E-state index contributed by atoms with van der Waals surface area (Å²) in [4.78, 5) is 0. The van der Waals surface area contributed by atoms with E-state index in [9.17, 15) is 0 Å².